The summed E-state index contributed by atoms with van der Waals surface area (Å²) in [6, 6.07) is 10.4. The van der Waals surface area contributed by atoms with Crippen molar-refractivity contribution in [1.82, 2.24) is 0 Å². The normalized spacial score (nSPS) is 18.3. The number of non-ortho nitro benzene ring substituents is 1. The van der Waals surface area contributed by atoms with E-state index in [9.17, 15) is 14.9 Å². The van der Waals surface area contributed by atoms with Gasteiger partial charge in [-0.1, -0.05) is 0 Å². The quantitative estimate of drug-likeness (QED) is 0.549. The molecule has 0 radical (unpaired) electrons. The molecule has 1 fully saturated rings. The Labute approximate surface area is 169 Å². The van der Waals surface area contributed by atoms with Gasteiger partial charge in [-0.2, -0.15) is 0 Å². The molecule has 0 spiro atoms. The van der Waals surface area contributed by atoms with Crippen LogP contribution in [0, 0.1) is 17.0 Å². The van der Waals surface area contributed by atoms with E-state index < -0.39 is 4.92 Å². The van der Waals surface area contributed by atoms with Crippen LogP contribution in [-0.4, -0.2) is 38.1 Å². The molecule has 0 aliphatic carbocycles. The number of quaternary nitrogens is 1. The first-order valence-corrected chi connectivity index (χ1v) is 9.54. The van der Waals surface area contributed by atoms with E-state index in [2.05, 4.69) is 5.32 Å². The minimum Gasteiger partial charge on any atom is -0.497 e. The second-order valence-corrected chi connectivity index (χ2v) is 7.19. The van der Waals surface area contributed by atoms with Gasteiger partial charge in [0.25, 0.3) is 11.6 Å². The molecule has 2 atom stereocenters. The van der Waals surface area contributed by atoms with E-state index in [1.807, 2.05) is 18.2 Å². The molecule has 1 heterocycles. The molecule has 154 valence electrons. The summed E-state index contributed by atoms with van der Waals surface area (Å²) in [6.07, 6.45) is 2.00. The Kier molecular flexibility index (Phi) is 6.33. The topological polar surface area (TPSA) is 95.1 Å². The molecule has 1 aliphatic heterocycles. The number of ether oxygens (including phenoxy) is 2. The first-order valence-electron chi connectivity index (χ1n) is 9.54. The van der Waals surface area contributed by atoms with Crippen LogP contribution in [-0.2, 0) is 4.79 Å². The molecule has 2 aromatic rings. The van der Waals surface area contributed by atoms with Crippen molar-refractivity contribution in [2.45, 2.75) is 25.8 Å². The largest absolute Gasteiger partial charge is 0.497 e. The number of rotatable bonds is 7. The Balaban J connectivity index is 1.71. The Morgan fingerprint density at radius 2 is 2.03 bits per heavy atom. The lowest BCUT2D eigenvalue weighted by molar-refractivity contribution is -0.910. The second-order valence-electron chi connectivity index (χ2n) is 7.19. The summed E-state index contributed by atoms with van der Waals surface area (Å²) in [5.41, 5.74) is 2.34. The van der Waals surface area contributed by atoms with E-state index >= 15 is 0 Å². The Hall–Kier alpha value is -3.13. The predicted molar refractivity (Wildman–Crippen MR) is 109 cm³/mol. The number of carbonyl (C=O) groups excluding carboxylic acids is 1. The molecule has 8 nitrogen and oxygen atoms in total. The van der Waals surface area contributed by atoms with Crippen LogP contribution in [0.5, 0.6) is 11.5 Å². The van der Waals surface area contributed by atoms with Crippen molar-refractivity contribution >= 4 is 17.3 Å². The summed E-state index contributed by atoms with van der Waals surface area (Å²) in [5.74, 6) is 1.38. The molecule has 1 aliphatic rings. The number of aryl methyl sites for hydroxylation is 1. The number of nitro benzene ring substituents is 1. The highest BCUT2D eigenvalue weighted by Crippen LogP contribution is 2.31. The van der Waals surface area contributed by atoms with Gasteiger partial charge in [0.15, 0.2) is 6.54 Å². The Morgan fingerprint density at radius 1 is 1.24 bits per heavy atom. The van der Waals surface area contributed by atoms with Gasteiger partial charge in [0, 0.05) is 36.7 Å². The van der Waals surface area contributed by atoms with Gasteiger partial charge in [-0.25, -0.2) is 0 Å². The van der Waals surface area contributed by atoms with Gasteiger partial charge < -0.3 is 19.7 Å². The maximum atomic E-state index is 12.7. The van der Waals surface area contributed by atoms with Crippen molar-refractivity contribution in [1.29, 1.82) is 0 Å². The van der Waals surface area contributed by atoms with Gasteiger partial charge >= 0.3 is 0 Å². The van der Waals surface area contributed by atoms with Crippen molar-refractivity contribution < 1.29 is 24.1 Å². The minimum absolute atomic E-state index is 0.0114. The van der Waals surface area contributed by atoms with E-state index in [-0.39, 0.29) is 17.6 Å². The van der Waals surface area contributed by atoms with Crippen LogP contribution in [0.1, 0.15) is 30.0 Å². The lowest BCUT2D eigenvalue weighted by atomic mass is 10.0. The fraction of sp³-hybridized carbons (Fsp3) is 0.381. The summed E-state index contributed by atoms with van der Waals surface area (Å²) in [7, 11) is 3.25. The van der Waals surface area contributed by atoms with E-state index in [1.165, 1.54) is 17.0 Å². The molecule has 29 heavy (non-hydrogen) atoms. The molecule has 1 amide bonds. The van der Waals surface area contributed by atoms with Crippen LogP contribution in [0.3, 0.4) is 0 Å². The van der Waals surface area contributed by atoms with Crippen molar-refractivity contribution in [2.24, 2.45) is 0 Å². The molecule has 1 saturated heterocycles. The molecule has 0 aromatic heterocycles. The van der Waals surface area contributed by atoms with E-state index in [1.54, 1.807) is 27.2 Å². The van der Waals surface area contributed by atoms with Crippen LogP contribution in [0.2, 0.25) is 0 Å². The third-order valence-electron chi connectivity index (χ3n) is 5.38. The lowest BCUT2D eigenvalue weighted by Crippen LogP contribution is -3.11. The highest BCUT2D eigenvalue weighted by Gasteiger charge is 2.33. The lowest BCUT2D eigenvalue weighted by Gasteiger charge is -2.23. The van der Waals surface area contributed by atoms with E-state index in [4.69, 9.17) is 9.47 Å². The van der Waals surface area contributed by atoms with Crippen LogP contribution in [0.25, 0.3) is 0 Å². The predicted octanol–water partition coefficient (Wildman–Crippen LogP) is 2.28. The number of hydrogen-bond acceptors (Lipinski definition) is 5. The molecule has 3 rings (SSSR count). The fourth-order valence-electron chi connectivity index (χ4n) is 3.91. The third-order valence-corrected chi connectivity index (χ3v) is 5.38. The summed E-state index contributed by atoms with van der Waals surface area (Å²) < 4.78 is 10.8. The third kappa shape index (κ3) is 4.65. The average Bonchev–Trinajstić information content (AvgIpc) is 3.16. The van der Waals surface area contributed by atoms with Gasteiger partial charge in [-0.05, 0) is 30.7 Å². The molecular formula is C21H26N3O5+. The first-order chi connectivity index (χ1) is 13.9. The highest BCUT2D eigenvalue weighted by molar-refractivity contribution is 5.92. The van der Waals surface area contributed by atoms with Crippen molar-refractivity contribution in [3.8, 4) is 11.5 Å². The molecule has 2 aromatic carbocycles. The number of methoxy groups -OCH3 is 2. The SMILES string of the molecule is COc1ccc([C@H]2CCC[NH+]2CC(=O)Nc2ccc([N+](=O)[O-])cc2C)c(OC)c1. The molecule has 0 bridgehead atoms. The summed E-state index contributed by atoms with van der Waals surface area (Å²) in [4.78, 5) is 24.3. The zero-order chi connectivity index (χ0) is 21.0. The fourth-order valence-corrected chi connectivity index (χ4v) is 3.91. The van der Waals surface area contributed by atoms with Gasteiger partial charge in [0.2, 0.25) is 0 Å². The van der Waals surface area contributed by atoms with Crippen LogP contribution in [0.4, 0.5) is 11.4 Å². The number of hydrogen-bond donors (Lipinski definition) is 2. The zero-order valence-electron chi connectivity index (χ0n) is 16.9. The smallest absolute Gasteiger partial charge is 0.279 e. The van der Waals surface area contributed by atoms with Crippen molar-refractivity contribution in [2.75, 3.05) is 32.6 Å². The number of nitrogens with zero attached hydrogens (tertiary/aromatic N) is 1. The molecule has 0 saturated carbocycles. The number of nitrogens with one attached hydrogen (secondary N) is 2. The second kappa shape index (κ2) is 8.91. The Morgan fingerprint density at radius 3 is 2.69 bits per heavy atom. The standard InChI is InChI=1S/C21H25N3O5/c1-14-11-15(24(26)27)6-9-18(14)22-21(25)13-23-10-4-5-19(23)17-8-7-16(28-2)12-20(17)29-3/h6-9,11-12,19H,4-5,10,13H2,1-3H3,(H,22,25)/p+1/t19-/m1/s1. The molecule has 2 N–H and O–H groups in total. The Bertz CT molecular complexity index is 915. The monoisotopic (exact) mass is 400 g/mol. The van der Waals surface area contributed by atoms with Crippen LogP contribution < -0.4 is 19.7 Å². The van der Waals surface area contributed by atoms with Gasteiger partial charge in [0.05, 0.1) is 31.3 Å². The van der Waals surface area contributed by atoms with Crippen LogP contribution >= 0.6 is 0 Å². The highest BCUT2D eigenvalue weighted by atomic mass is 16.6. The van der Waals surface area contributed by atoms with E-state index in [0.29, 0.717) is 17.8 Å². The minimum atomic E-state index is -0.445. The number of likely N-dealkylation sites (tertiary alicyclic amines) is 1. The average molecular weight is 400 g/mol. The maximum Gasteiger partial charge on any atom is 0.279 e. The number of amides is 1. The summed E-state index contributed by atoms with van der Waals surface area (Å²) in [5, 5.41) is 13.8. The first kappa shape index (κ1) is 20.6. The summed E-state index contributed by atoms with van der Waals surface area (Å²) in [6.45, 7) is 2.96. The summed E-state index contributed by atoms with van der Waals surface area (Å²) >= 11 is 0. The number of anilines is 1. The number of benzene rings is 2. The number of carbonyl (C=O) groups is 1. The van der Waals surface area contributed by atoms with Crippen molar-refractivity contribution in [3.05, 3.63) is 57.6 Å². The van der Waals surface area contributed by atoms with Gasteiger partial charge in [0.1, 0.15) is 17.5 Å². The molecular weight excluding hydrogens is 374 g/mol. The van der Waals surface area contributed by atoms with Gasteiger partial charge in [-0.3, -0.25) is 14.9 Å². The molecule has 1 unspecified atom stereocenters. The number of nitro groups is 1. The molecule has 8 heteroatoms. The van der Waals surface area contributed by atoms with Crippen molar-refractivity contribution in [3.63, 3.8) is 0 Å². The van der Waals surface area contributed by atoms with E-state index in [0.717, 1.165) is 36.4 Å². The van der Waals surface area contributed by atoms with Crippen LogP contribution in [0.15, 0.2) is 36.4 Å². The maximum absolute atomic E-state index is 12.7. The van der Waals surface area contributed by atoms with Gasteiger partial charge in [-0.15, -0.1) is 0 Å². The zero-order valence-corrected chi connectivity index (χ0v) is 16.9.